The number of ether oxygens (including phenoxy) is 1. The van der Waals surface area contributed by atoms with E-state index in [1.54, 1.807) is 0 Å². The smallest absolute Gasteiger partial charge is 0.272 e. The Labute approximate surface area is 175 Å². The summed E-state index contributed by atoms with van der Waals surface area (Å²) in [5.74, 6) is 0. The summed E-state index contributed by atoms with van der Waals surface area (Å²) in [5.41, 5.74) is 5.62. The van der Waals surface area contributed by atoms with Gasteiger partial charge in [0, 0.05) is 37.1 Å². The Morgan fingerprint density at radius 2 is 1.80 bits per heavy atom. The van der Waals surface area contributed by atoms with Gasteiger partial charge in [-0.25, -0.2) is 0 Å². The highest BCUT2D eigenvalue weighted by molar-refractivity contribution is 5.84. The Morgan fingerprint density at radius 1 is 0.967 bits per heavy atom. The maximum atomic E-state index is 12.6. The Morgan fingerprint density at radius 3 is 2.63 bits per heavy atom. The van der Waals surface area contributed by atoms with Crippen molar-refractivity contribution in [3.05, 3.63) is 71.1 Å². The molecule has 6 heteroatoms. The minimum atomic E-state index is -0.0732. The largest absolute Gasteiger partial charge is 0.385 e. The first kappa shape index (κ1) is 18.9. The molecule has 2 aromatic heterocycles. The van der Waals surface area contributed by atoms with E-state index in [-0.39, 0.29) is 5.56 Å². The van der Waals surface area contributed by atoms with Gasteiger partial charge in [0.25, 0.3) is 5.56 Å². The fourth-order valence-electron chi connectivity index (χ4n) is 4.12. The van der Waals surface area contributed by atoms with Crippen LogP contribution in [0.1, 0.15) is 6.42 Å². The van der Waals surface area contributed by atoms with Crippen LogP contribution in [0.4, 0.5) is 5.69 Å². The van der Waals surface area contributed by atoms with Crippen molar-refractivity contribution < 1.29 is 4.74 Å². The second-order valence-corrected chi connectivity index (χ2v) is 7.77. The van der Waals surface area contributed by atoms with E-state index in [2.05, 4.69) is 33.4 Å². The second-order valence-electron chi connectivity index (χ2n) is 7.77. The zero-order valence-electron chi connectivity index (χ0n) is 16.9. The number of morpholine rings is 1. The standard InChI is InChI=1S/C24H26N4O2/c29-24-23-15-19(18-5-2-1-3-6-18)17-28(23)22-16-20(7-8-21(22)26-24)25-9-4-10-27-11-13-30-14-12-27/h1-3,5-8,15-17,25H,4,9-14H2,(H,26,29). The van der Waals surface area contributed by atoms with Crippen LogP contribution in [0.5, 0.6) is 0 Å². The first-order chi connectivity index (χ1) is 14.8. The zero-order valence-corrected chi connectivity index (χ0v) is 16.9. The van der Waals surface area contributed by atoms with Gasteiger partial charge in [-0.15, -0.1) is 0 Å². The Balaban J connectivity index is 1.38. The quantitative estimate of drug-likeness (QED) is 0.484. The fourth-order valence-corrected chi connectivity index (χ4v) is 4.12. The van der Waals surface area contributed by atoms with Crippen LogP contribution in [0.3, 0.4) is 0 Å². The molecule has 5 rings (SSSR count). The summed E-state index contributed by atoms with van der Waals surface area (Å²) in [6.07, 6.45) is 3.13. The van der Waals surface area contributed by atoms with Gasteiger partial charge in [-0.05, 0) is 42.8 Å². The molecule has 2 aromatic carbocycles. The molecule has 1 fully saturated rings. The molecular formula is C24H26N4O2. The number of hydrogen-bond donors (Lipinski definition) is 2. The second kappa shape index (κ2) is 8.34. The number of hydrogen-bond acceptors (Lipinski definition) is 4. The lowest BCUT2D eigenvalue weighted by molar-refractivity contribution is 0.0378. The molecule has 0 aliphatic carbocycles. The molecule has 0 atom stereocenters. The van der Waals surface area contributed by atoms with E-state index in [1.165, 1.54) is 0 Å². The summed E-state index contributed by atoms with van der Waals surface area (Å²) < 4.78 is 7.40. The molecule has 1 saturated heterocycles. The predicted molar refractivity (Wildman–Crippen MR) is 121 cm³/mol. The normalized spacial score (nSPS) is 15.1. The van der Waals surface area contributed by atoms with Crippen LogP contribution >= 0.6 is 0 Å². The third kappa shape index (κ3) is 3.84. The molecule has 4 aromatic rings. The number of fused-ring (bicyclic) bond motifs is 3. The number of anilines is 1. The maximum absolute atomic E-state index is 12.6. The summed E-state index contributed by atoms with van der Waals surface area (Å²) in [6, 6.07) is 18.2. The Kier molecular flexibility index (Phi) is 5.26. The number of benzene rings is 2. The van der Waals surface area contributed by atoms with E-state index >= 15 is 0 Å². The summed E-state index contributed by atoms with van der Waals surface area (Å²) in [4.78, 5) is 18.0. The van der Waals surface area contributed by atoms with Crippen LogP contribution in [0.2, 0.25) is 0 Å². The van der Waals surface area contributed by atoms with Crippen LogP contribution in [-0.4, -0.2) is 53.7 Å². The summed E-state index contributed by atoms with van der Waals surface area (Å²) in [5, 5.41) is 3.53. The van der Waals surface area contributed by atoms with E-state index in [0.717, 1.165) is 73.7 Å². The van der Waals surface area contributed by atoms with Gasteiger partial charge in [-0.1, -0.05) is 30.3 Å². The third-order valence-electron chi connectivity index (χ3n) is 5.75. The van der Waals surface area contributed by atoms with E-state index in [9.17, 15) is 4.79 Å². The molecule has 0 saturated carbocycles. The molecule has 0 amide bonds. The highest BCUT2D eigenvalue weighted by Gasteiger charge is 2.11. The number of nitrogens with one attached hydrogen (secondary N) is 2. The van der Waals surface area contributed by atoms with Crippen molar-refractivity contribution >= 4 is 22.2 Å². The van der Waals surface area contributed by atoms with E-state index in [4.69, 9.17) is 4.74 Å². The van der Waals surface area contributed by atoms with Crippen molar-refractivity contribution in [1.82, 2.24) is 14.3 Å². The van der Waals surface area contributed by atoms with Crippen LogP contribution in [0.15, 0.2) is 65.6 Å². The van der Waals surface area contributed by atoms with E-state index < -0.39 is 0 Å². The number of aromatic amines is 1. The van der Waals surface area contributed by atoms with Gasteiger partial charge >= 0.3 is 0 Å². The number of rotatable bonds is 6. The molecule has 30 heavy (non-hydrogen) atoms. The topological polar surface area (TPSA) is 61.8 Å². The summed E-state index contributed by atoms with van der Waals surface area (Å²) in [7, 11) is 0. The molecule has 1 aliphatic heterocycles. The highest BCUT2D eigenvalue weighted by Crippen LogP contribution is 2.25. The number of nitrogens with zero attached hydrogens (tertiary/aromatic N) is 2. The molecule has 0 spiro atoms. The van der Waals surface area contributed by atoms with Gasteiger partial charge < -0.3 is 19.4 Å². The van der Waals surface area contributed by atoms with Crippen molar-refractivity contribution in [2.75, 3.05) is 44.7 Å². The van der Waals surface area contributed by atoms with Gasteiger partial charge in [0.05, 0.1) is 24.2 Å². The molecule has 0 radical (unpaired) electrons. The molecular weight excluding hydrogens is 376 g/mol. The molecule has 3 heterocycles. The Bertz CT molecular complexity index is 1210. The van der Waals surface area contributed by atoms with Crippen LogP contribution in [-0.2, 0) is 4.74 Å². The lowest BCUT2D eigenvalue weighted by Crippen LogP contribution is -2.37. The van der Waals surface area contributed by atoms with Crippen LogP contribution in [0, 0.1) is 0 Å². The molecule has 154 valence electrons. The predicted octanol–water partition coefficient (Wildman–Crippen LogP) is 3.58. The van der Waals surface area contributed by atoms with Gasteiger partial charge in [0.2, 0.25) is 0 Å². The average molecular weight is 402 g/mol. The van der Waals surface area contributed by atoms with Crippen LogP contribution < -0.4 is 10.9 Å². The van der Waals surface area contributed by atoms with E-state index in [0.29, 0.717) is 5.52 Å². The average Bonchev–Trinajstić information content (AvgIpc) is 3.25. The first-order valence-corrected chi connectivity index (χ1v) is 10.6. The third-order valence-corrected chi connectivity index (χ3v) is 5.75. The molecule has 0 bridgehead atoms. The SMILES string of the molecule is O=c1[nH]c2ccc(NCCCN3CCOCC3)cc2n2cc(-c3ccccc3)cc12. The van der Waals surface area contributed by atoms with Crippen molar-refractivity contribution in [1.29, 1.82) is 0 Å². The number of aromatic nitrogens is 2. The fraction of sp³-hybridized carbons (Fsp3) is 0.292. The van der Waals surface area contributed by atoms with Crippen molar-refractivity contribution in [2.24, 2.45) is 0 Å². The Hall–Kier alpha value is -3.09. The van der Waals surface area contributed by atoms with Gasteiger partial charge in [-0.2, -0.15) is 0 Å². The number of H-pyrrole nitrogens is 1. The molecule has 2 N–H and O–H groups in total. The van der Waals surface area contributed by atoms with Crippen molar-refractivity contribution in [3.63, 3.8) is 0 Å². The lowest BCUT2D eigenvalue weighted by atomic mass is 10.1. The lowest BCUT2D eigenvalue weighted by Gasteiger charge is -2.26. The minimum Gasteiger partial charge on any atom is -0.385 e. The molecule has 6 nitrogen and oxygen atoms in total. The molecule has 0 unspecified atom stereocenters. The van der Waals surface area contributed by atoms with Gasteiger partial charge in [-0.3, -0.25) is 9.69 Å². The van der Waals surface area contributed by atoms with Crippen molar-refractivity contribution in [2.45, 2.75) is 6.42 Å². The molecule has 1 aliphatic rings. The van der Waals surface area contributed by atoms with Crippen LogP contribution in [0.25, 0.3) is 27.7 Å². The minimum absolute atomic E-state index is 0.0732. The first-order valence-electron chi connectivity index (χ1n) is 10.6. The van der Waals surface area contributed by atoms with Gasteiger partial charge in [0.1, 0.15) is 5.52 Å². The van der Waals surface area contributed by atoms with Crippen molar-refractivity contribution in [3.8, 4) is 11.1 Å². The summed E-state index contributed by atoms with van der Waals surface area (Å²) >= 11 is 0. The highest BCUT2D eigenvalue weighted by atomic mass is 16.5. The summed E-state index contributed by atoms with van der Waals surface area (Å²) in [6.45, 7) is 5.73. The maximum Gasteiger partial charge on any atom is 0.272 e. The van der Waals surface area contributed by atoms with E-state index in [1.807, 2.05) is 47.0 Å². The monoisotopic (exact) mass is 402 g/mol. The van der Waals surface area contributed by atoms with Gasteiger partial charge in [0.15, 0.2) is 0 Å². The zero-order chi connectivity index (χ0) is 20.3.